The molecule has 1 amide bonds. The number of aryl methyl sites for hydroxylation is 1. The van der Waals surface area contributed by atoms with Gasteiger partial charge in [0.05, 0.1) is 0 Å². The van der Waals surface area contributed by atoms with Crippen molar-refractivity contribution in [2.75, 3.05) is 5.32 Å². The van der Waals surface area contributed by atoms with Crippen LogP contribution in [0.4, 0.5) is 10.1 Å². The number of carbonyl (C=O) groups is 1. The fraction of sp³-hybridized carbons (Fsp3) is 0.0833. The van der Waals surface area contributed by atoms with E-state index in [0.29, 0.717) is 35.2 Å². The Morgan fingerprint density at radius 1 is 1.03 bits per heavy atom. The van der Waals surface area contributed by atoms with Crippen LogP contribution in [-0.2, 0) is 6.61 Å². The first-order valence-electron chi connectivity index (χ1n) is 9.40. The predicted molar refractivity (Wildman–Crippen MR) is 112 cm³/mol. The Kier molecular flexibility index (Phi) is 5.57. The first-order valence-corrected chi connectivity index (χ1v) is 9.40. The zero-order valence-electron chi connectivity index (χ0n) is 16.3. The molecule has 0 aliphatic rings. The van der Waals surface area contributed by atoms with Gasteiger partial charge < -0.3 is 14.5 Å². The molecule has 4 aromatic rings. The molecule has 0 unspecified atom stereocenters. The number of para-hydroxylation sites is 1. The van der Waals surface area contributed by atoms with E-state index >= 15 is 0 Å². The van der Waals surface area contributed by atoms with Crippen molar-refractivity contribution in [3.63, 3.8) is 0 Å². The molecule has 1 aromatic heterocycles. The van der Waals surface area contributed by atoms with Crippen molar-refractivity contribution < 1.29 is 18.3 Å². The summed E-state index contributed by atoms with van der Waals surface area (Å²) < 4.78 is 24.8. The predicted octanol–water partition coefficient (Wildman–Crippen LogP) is 5.62. The van der Waals surface area contributed by atoms with Gasteiger partial charge in [-0.25, -0.2) is 9.37 Å². The van der Waals surface area contributed by atoms with Gasteiger partial charge in [-0.2, -0.15) is 0 Å². The van der Waals surface area contributed by atoms with Gasteiger partial charge in [-0.05, 0) is 61.5 Å². The molecule has 0 aliphatic heterocycles. The first-order chi connectivity index (χ1) is 14.6. The quantitative estimate of drug-likeness (QED) is 0.455. The Bertz CT molecular complexity index is 1150. The lowest BCUT2D eigenvalue weighted by Crippen LogP contribution is -2.11. The summed E-state index contributed by atoms with van der Waals surface area (Å²) in [6, 6.07) is 22.1. The topological polar surface area (TPSA) is 64.4 Å². The van der Waals surface area contributed by atoms with Gasteiger partial charge in [0.1, 0.15) is 29.6 Å². The van der Waals surface area contributed by atoms with E-state index in [1.54, 1.807) is 30.3 Å². The van der Waals surface area contributed by atoms with E-state index in [-0.39, 0.29) is 5.91 Å². The first kappa shape index (κ1) is 19.4. The monoisotopic (exact) mass is 402 g/mol. The van der Waals surface area contributed by atoms with Crippen molar-refractivity contribution in [1.29, 1.82) is 0 Å². The number of ether oxygens (including phenoxy) is 1. The Hall–Kier alpha value is -3.93. The van der Waals surface area contributed by atoms with Gasteiger partial charge in [0.25, 0.3) is 5.91 Å². The minimum absolute atomic E-state index is 0.299. The number of nitrogens with zero attached hydrogens (tertiary/aromatic N) is 1. The summed E-state index contributed by atoms with van der Waals surface area (Å²) in [5.74, 6) is 1.15. The number of nitrogens with one attached hydrogen (secondary N) is 1. The lowest BCUT2D eigenvalue weighted by Gasteiger charge is -2.05. The third-order valence-corrected chi connectivity index (χ3v) is 4.49. The molecule has 1 N–H and O–H groups in total. The number of carbonyl (C=O) groups excluding carboxylic acids is 1. The summed E-state index contributed by atoms with van der Waals surface area (Å²) in [6.45, 7) is 2.13. The highest BCUT2D eigenvalue weighted by Gasteiger charge is 2.13. The average molecular weight is 402 g/mol. The number of aromatic nitrogens is 1. The number of benzene rings is 3. The lowest BCUT2D eigenvalue weighted by atomic mass is 10.1. The van der Waals surface area contributed by atoms with Crippen molar-refractivity contribution in [1.82, 2.24) is 4.98 Å². The van der Waals surface area contributed by atoms with Gasteiger partial charge in [0, 0.05) is 16.8 Å². The lowest BCUT2D eigenvalue weighted by molar-refractivity contribution is 0.102. The molecular weight excluding hydrogens is 383 g/mol. The summed E-state index contributed by atoms with van der Waals surface area (Å²) in [7, 11) is 0. The highest BCUT2D eigenvalue weighted by molar-refractivity contribution is 6.04. The van der Waals surface area contributed by atoms with Gasteiger partial charge in [0.15, 0.2) is 0 Å². The van der Waals surface area contributed by atoms with Crippen LogP contribution in [-0.4, -0.2) is 10.9 Å². The van der Waals surface area contributed by atoms with E-state index in [4.69, 9.17) is 9.15 Å². The smallest absolute Gasteiger partial charge is 0.255 e. The molecule has 0 radical (unpaired) electrons. The van der Waals surface area contributed by atoms with Crippen LogP contribution < -0.4 is 10.1 Å². The summed E-state index contributed by atoms with van der Waals surface area (Å²) in [5.41, 5.74) is 2.29. The van der Waals surface area contributed by atoms with Crippen molar-refractivity contribution in [2.45, 2.75) is 13.5 Å². The molecule has 0 spiro atoms. The maximum Gasteiger partial charge on any atom is 0.255 e. The number of oxazole rings is 1. The van der Waals surface area contributed by atoms with E-state index in [9.17, 15) is 9.18 Å². The van der Waals surface area contributed by atoms with Crippen LogP contribution >= 0.6 is 0 Å². The highest BCUT2D eigenvalue weighted by Crippen LogP contribution is 2.23. The van der Waals surface area contributed by atoms with Gasteiger partial charge in [-0.1, -0.05) is 24.3 Å². The number of hydrogen-bond acceptors (Lipinski definition) is 4. The van der Waals surface area contributed by atoms with Crippen molar-refractivity contribution in [2.24, 2.45) is 0 Å². The van der Waals surface area contributed by atoms with E-state index in [0.717, 1.165) is 11.3 Å². The zero-order valence-corrected chi connectivity index (χ0v) is 16.3. The molecule has 0 bridgehead atoms. The molecule has 0 atom stereocenters. The largest absolute Gasteiger partial charge is 0.487 e. The summed E-state index contributed by atoms with van der Waals surface area (Å²) in [6.07, 6.45) is 0. The minimum Gasteiger partial charge on any atom is -0.487 e. The fourth-order valence-corrected chi connectivity index (χ4v) is 2.89. The summed E-state index contributed by atoms with van der Waals surface area (Å²) >= 11 is 0. The van der Waals surface area contributed by atoms with E-state index in [1.165, 1.54) is 18.2 Å². The molecule has 5 nitrogen and oxygen atoms in total. The second-order valence-corrected chi connectivity index (χ2v) is 6.67. The molecule has 4 rings (SSSR count). The normalized spacial score (nSPS) is 10.6. The van der Waals surface area contributed by atoms with Gasteiger partial charge in [-0.15, -0.1) is 0 Å². The molecule has 3 aromatic carbocycles. The zero-order chi connectivity index (χ0) is 20.9. The second kappa shape index (κ2) is 8.61. The number of anilines is 1. The van der Waals surface area contributed by atoms with E-state index in [1.807, 2.05) is 37.3 Å². The number of hydrogen-bond donors (Lipinski definition) is 1. The van der Waals surface area contributed by atoms with Crippen molar-refractivity contribution in [3.05, 3.63) is 102 Å². The Morgan fingerprint density at radius 2 is 1.80 bits per heavy atom. The van der Waals surface area contributed by atoms with E-state index in [2.05, 4.69) is 10.3 Å². The third kappa shape index (κ3) is 4.55. The van der Waals surface area contributed by atoms with Crippen LogP contribution in [0.2, 0.25) is 0 Å². The fourth-order valence-electron chi connectivity index (χ4n) is 2.89. The standard InChI is InChI=1S/C24H19FN2O3/c1-16-22(15-29-21-8-3-2-4-9-21)27-24(30-16)18-12-10-17(11-13-18)23(28)26-20-7-5-6-19(25)14-20/h2-14H,15H2,1H3,(H,26,28). The maximum absolute atomic E-state index is 13.3. The van der Waals surface area contributed by atoms with Crippen LogP contribution in [0.3, 0.4) is 0 Å². The molecule has 0 fully saturated rings. The Morgan fingerprint density at radius 3 is 2.53 bits per heavy atom. The van der Waals surface area contributed by atoms with Crippen LogP contribution in [0.15, 0.2) is 83.3 Å². The molecule has 6 heteroatoms. The Labute approximate surface area is 173 Å². The number of halogens is 1. The molecule has 0 saturated heterocycles. The number of rotatable bonds is 6. The van der Waals surface area contributed by atoms with Crippen LogP contribution in [0.25, 0.3) is 11.5 Å². The molecule has 150 valence electrons. The van der Waals surface area contributed by atoms with Crippen molar-refractivity contribution in [3.8, 4) is 17.2 Å². The average Bonchev–Trinajstić information content (AvgIpc) is 3.14. The molecule has 0 aliphatic carbocycles. The van der Waals surface area contributed by atoms with Gasteiger partial charge in [0.2, 0.25) is 5.89 Å². The second-order valence-electron chi connectivity index (χ2n) is 6.67. The van der Waals surface area contributed by atoms with Crippen LogP contribution in [0, 0.1) is 12.7 Å². The van der Waals surface area contributed by atoms with Gasteiger partial charge in [-0.3, -0.25) is 4.79 Å². The summed E-state index contributed by atoms with van der Waals surface area (Å²) in [5, 5.41) is 2.67. The minimum atomic E-state index is -0.408. The van der Waals surface area contributed by atoms with Crippen LogP contribution in [0.5, 0.6) is 5.75 Å². The maximum atomic E-state index is 13.3. The Balaban J connectivity index is 1.44. The number of amides is 1. The molecule has 30 heavy (non-hydrogen) atoms. The highest BCUT2D eigenvalue weighted by atomic mass is 19.1. The molecule has 0 saturated carbocycles. The molecule has 1 heterocycles. The SMILES string of the molecule is Cc1oc(-c2ccc(C(=O)Nc3cccc(F)c3)cc2)nc1COc1ccccc1. The van der Waals surface area contributed by atoms with Gasteiger partial charge >= 0.3 is 0 Å². The third-order valence-electron chi connectivity index (χ3n) is 4.49. The van der Waals surface area contributed by atoms with Crippen molar-refractivity contribution >= 4 is 11.6 Å². The van der Waals surface area contributed by atoms with E-state index < -0.39 is 5.82 Å². The molecular formula is C24H19FN2O3. The van der Waals surface area contributed by atoms with Crippen LogP contribution in [0.1, 0.15) is 21.8 Å². The summed E-state index contributed by atoms with van der Waals surface area (Å²) in [4.78, 5) is 16.9.